The zero-order valence-electron chi connectivity index (χ0n) is 39.2. The Labute approximate surface area is 350 Å². The van der Waals surface area contributed by atoms with Gasteiger partial charge in [0, 0.05) is 0 Å². The first kappa shape index (κ1) is 60.8. The molecule has 0 aromatic carbocycles. The van der Waals surface area contributed by atoms with Crippen LogP contribution < -0.4 is 0 Å². The zero-order chi connectivity index (χ0) is 44.2. The summed E-state index contributed by atoms with van der Waals surface area (Å²) in [5.74, 6) is 0. The topological polar surface area (TPSA) is 162 Å². The van der Waals surface area contributed by atoms with Crippen LogP contribution in [0.25, 0.3) is 0 Å². The molecule has 0 spiro atoms. The van der Waals surface area contributed by atoms with Gasteiger partial charge in [0.25, 0.3) is 18.6 Å². The lowest BCUT2D eigenvalue weighted by atomic mass is 11.9. The van der Waals surface area contributed by atoms with Crippen LogP contribution in [0.1, 0.15) is 0 Å². The normalized spacial score (nSPS) is 15.6. The maximum absolute atomic E-state index is 10.1. The summed E-state index contributed by atoms with van der Waals surface area (Å²) in [6, 6.07) is 0. The van der Waals surface area contributed by atoms with Crippen LogP contribution in [0.15, 0.2) is 0 Å². The summed E-state index contributed by atoms with van der Waals surface area (Å²) in [5.41, 5.74) is 0. The molecule has 0 rings (SSSR count). The third-order valence-electron chi connectivity index (χ3n) is 5.31. The van der Waals surface area contributed by atoms with Crippen LogP contribution in [0, 0.1) is 0 Å². The van der Waals surface area contributed by atoms with Gasteiger partial charge in [-0.25, -0.2) is 0 Å². The van der Waals surface area contributed by atoms with Crippen molar-refractivity contribution in [2.45, 2.75) is 170 Å². The smallest absolute Gasteiger partial charge is 0.320 e. The highest BCUT2D eigenvalue weighted by Crippen LogP contribution is 2.26. The first-order chi connectivity index (χ1) is 23.3. The van der Waals surface area contributed by atoms with E-state index in [1.165, 1.54) is 0 Å². The molecule has 0 aromatic rings. The van der Waals surface area contributed by atoms with Crippen molar-refractivity contribution in [2.75, 3.05) is 0 Å². The maximum Gasteiger partial charge on any atom is 0.320 e. The molecule has 54 heavy (non-hydrogen) atoms. The van der Waals surface area contributed by atoms with Crippen molar-refractivity contribution in [3.63, 3.8) is 0 Å². The average Bonchev–Trinajstić information content (AvgIpc) is 2.68. The van der Waals surface area contributed by atoms with Crippen molar-refractivity contribution in [1.29, 1.82) is 0 Å². The molecule has 0 saturated heterocycles. The van der Waals surface area contributed by atoms with Crippen molar-refractivity contribution in [3.8, 4) is 0 Å². The largest absolute Gasteiger partial charge is 0.442 e. The third kappa shape index (κ3) is 41.2. The summed E-state index contributed by atoms with van der Waals surface area (Å²) in [6.07, 6.45) is 0. The molecular weight excluding hydrogens is 929 g/mol. The molecule has 0 aliphatic carbocycles. The highest BCUT2D eigenvalue weighted by atomic mass is 28.5. The second kappa shape index (κ2) is 24.2. The summed E-state index contributed by atoms with van der Waals surface area (Å²) in [4.78, 5) is 29.2. The number of hydrogen-bond donors (Lipinski definition) is 3. The van der Waals surface area contributed by atoms with Gasteiger partial charge in [0.1, 0.15) is 0 Å². The first-order valence-electron chi connectivity index (χ1n) is 19.0. The first-order valence-corrected chi connectivity index (χ1v) is 57.0. The minimum atomic E-state index is -2.66. The molecule has 330 valence electrons. The Morgan fingerprint density at radius 2 is 0.500 bits per heavy atom. The van der Waals surface area contributed by atoms with Crippen molar-refractivity contribution >= 4 is 123 Å². The Bertz CT molecular complexity index is 1020. The predicted molar refractivity (Wildman–Crippen MR) is 259 cm³/mol. The average molecular weight is 1020 g/mol. The van der Waals surface area contributed by atoms with Gasteiger partial charge >= 0.3 is 77.0 Å². The van der Waals surface area contributed by atoms with Crippen molar-refractivity contribution in [1.82, 2.24) is 0 Å². The Kier molecular flexibility index (Phi) is 27.2. The fourth-order valence-corrected chi connectivity index (χ4v) is 56.6. The lowest BCUT2D eigenvalue weighted by molar-refractivity contribution is 0.267. The molecule has 3 N–H and O–H groups in total. The Balaban J connectivity index is -0.000000806. The fraction of sp³-hybridized carbons (Fsp3) is 1.00. The van der Waals surface area contributed by atoms with E-state index in [4.69, 9.17) is 45.3 Å². The zero-order valence-corrected chi connectivity index (χ0v) is 54.0. The summed E-state index contributed by atoms with van der Waals surface area (Å²) < 4.78 is 65.9. The summed E-state index contributed by atoms with van der Waals surface area (Å²) >= 11 is 0. The standard InChI is InChI=1S/C13H42O7Si7.C7H24O3Si4.C6H20O4Si3/c1-21(2)15-22(3)16-24(6,7)18-26(10,11)20-27(12,13)19-25(8,9)17-23(4,5)14;1-11(2)8-13(5)10-14(6,7)9-12(3)4;1-11(2,7)9-13(5,6)10-12(3,4)8/h14,21-22H,1-13H3;11-13H,1-7H3;7-8H,1-6H3. The molecule has 2 unspecified atom stereocenters. The van der Waals surface area contributed by atoms with E-state index in [9.17, 15) is 14.4 Å². The summed E-state index contributed by atoms with van der Waals surface area (Å²) in [5, 5.41) is 0. The summed E-state index contributed by atoms with van der Waals surface area (Å²) in [6.45, 7) is 51.5. The molecule has 0 amide bonds. The van der Waals surface area contributed by atoms with E-state index in [0.717, 1.165) is 0 Å². The molecule has 0 bridgehead atoms. The number of hydrogen-bond acceptors (Lipinski definition) is 14. The van der Waals surface area contributed by atoms with Crippen LogP contribution in [-0.4, -0.2) is 137 Å². The van der Waals surface area contributed by atoms with Crippen LogP contribution in [-0.2, 0) is 45.3 Å². The van der Waals surface area contributed by atoms with Crippen LogP contribution in [0.3, 0.4) is 0 Å². The molecule has 0 saturated carbocycles. The lowest BCUT2D eigenvalue weighted by Crippen LogP contribution is -2.59. The van der Waals surface area contributed by atoms with Gasteiger partial charge in [-0.1, -0.05) is 0 Å². The Morgan fingerprint density at radius 3 is 0.741 bits per heavy atom. The van der Waals surface area contributed by atoms with Crippen LogP contribution in [0.2, 0.25) is 170 Å². The second-order valence-electron chi connectivity index (χ2n) is 18.3. The molecule has 0 heterocycles. The van der Waals surface area contributed by atoms with Gasteiger partial charge in [-0.3, -0.25) is 0 Å². The molecule has 0 fully saturated rings. The molecule has 0 radical (unpaired) electrons. The van der Waals surface area contributed by atoms with Gasteiger partial charge in [-0.15, -0.1) is 0 Å². The Hall–Kier alpha value is 2.48. The van der Waals surface area contributed by atoms with Crippen molar-refractivity contribution in [3.05, 3.63) is 0 Å². The fourth-order valence-electron chi connectivity index (χ4n) is 5.90. The predicted octanol–water partition coefficient (Wildman–Crippen LogP) is 6.09. The second-order valence-corrected chi connectivity index (χ2v) is 62.2. The molecule has 2 atom stereocenters. The third-order valence-corrected chi connectivity index (χ3v) is 47.8. The van der Waals surface area contributed by atoms with Crippen molar-refractivity contribution in [2.24, 2.45) is 0 Å². The number of rotatable bonds is 22. The molecule has 0 aliphatic heterocycles. The van der Waals surface area contributed by atoms with Gasteiger partial charge in [-0.05, 0) is 170 Å². The van der Waals surface area contributed by atoms with Gasteiger partial charge in [0.05, 0.1) is 0 Å². The molecular formula is C26H86O14Si14. The van der Waals surface area contributed by atoms with E-state index in [1.54, 1.807) is 39.3 Å². The van der Waals surface area contributed by atoms with Gasteiger partial charge in [0.15, 0.2) is 27.1 Å². The van der Waals surface area contributed by atoms with E-state index in [-0.39, 0.29) is 0 Å². The van der Waals surface area contributed by atoms with Crippen LogP contribution in [0.5, 0.6) is 0 Å². The van der Waals surface area contributed by atoms with E-state index in [1.807, 2.05) is 52.4 Å². The highest BCUT2D eigenvalue weighted by molar-refractivity contribution is 6.90. The quantitative estimate of drug-likeness (QED) is 0.107. The monoisotopic (exact) mass is 1010 g/mol. The maximum atomic E-state index is 10.1. The van der Waals surface area contributed by atoms with Gasteiger partial charge in [-0.2, -0.15) is 0 Å². The molecule has 0 aliphatic rings. The molecule has 14 nitrogen and oxygen atoms in total. The van der Waals surface area contributed by atoms with Gasteiger partial charge < -0.3 is 59.7 Å². The Morgan fingerprint density at radius 1 is 0.278 bits per heavy atom. The molecule has 0 aromatic heterocycles. The van der Waals surface area contributed by atoms with Crippen LogP contribution in [0.4, 0.5) is 0 Å². The van der Waals surface area contributed by atoms with E-state index >= 15 is 0 Å². The van der Waals surface area contributed by atoms with Crippen molar-refractivity contribution < 1.29 is 59.7 Å². The lowest BCUT2D eigenvalue weighted by Gasteiger charge is -2.41. The van der Waals surface area contributed by atoms with Crippen LogP contribution >= 0.6 is 0 Å². The van der Waals surface area contributed by atoms with E-state index < -0.39 is 123 Å². The molecule has 28 heteroatoms. The van der Waals surface area contributed by atoms with E-state index in [0.29, 0.717) is 0 Å². The minimum absolute atomic E-state index is 0.939. The van der Waals surface area contributed by atoms with Gasteiger partial charge in [0.2, 0.25) is 0 Å². The summed E-state index contributed by atoms with van der Waals surface area (Å²) in [7, 11) is -27.9. The van der Waals surface area contributed by atoms with E-state index in [2.05, 4.69) is 78.6 Å². The highest BCUT2D eigenvalue weighted by Gasteiger charge is 2.46. The SMILES string of the molecule is C[SiH](C)O[SiH](C)O[Si](C)(C)O[SiH](C)C.C[SiH](C)O[SiH](C)O[Si](C)(C)O[Si](C)(C)O[Si](C)(C)O[Si](C)(C)O[Si](C)(C)O.C[Si](C)(O)O[Si](C)(C)O[Si](C)(C)O. The minimum Gasteiger partial charge on any atom is -0.442 e.